The van der Waals surface area contributed by atoms with Gasteiger partial charge >= 0.3 is 5.97 Å². The van der Waals surface area contributed by atoms with Crippen LogP contribution in [0.4, 0.5) is 5.69 Å². The predicted octanol–water partition coefficient (Wildman–Crippen LogP) is 3.14. The Hall–Kier alpha value is -3.33. The molecule has 9 nitrogen and oxygen atoms in total. The first kappa shape index (κ1) is 19.4. The van der Waals surface area contributed by atoms with Crippen LogP contribution < -0.4 is 14.2 Å². The molecule has 0 bridgehead atoms. The van der Waals surface area contributed by atoms with Crippen LogP contribution in [0.3, 0.4) is 0 Å². The second-order valence-corrected chi connectivity index (χ2v) is 6.04. The van der Waals surface area contributed by atoms with E-state index >= 15 is 0 Å². The molecule has 1 aliphatic heterocycles. The number of esters is 1. The van der Waals surface area contributed by atoms with E-state index in [4.69, 9.17) is 23.7 Å². The number of hydrogen-bond donors (Lipinski definition) is 0. The van der Waals surface area contributed by atoms with Crippen molar-refractivity contribution >= 4 is 11.7 Å². The van der Waals surface area contributed by atoms with Crippen molar-refractivity contribution in [1.82, 2.24) is 0 Å². The Morgan fingerprint density at radius 3 is 2.46 bits per heavy atom. The van der Waals surface area contributed by atoms with Crippen molar-refractivity contribution in [3.8, 4) is 17.2 Å². The number of nitrogens with zero attached hydrogens (tertiary/aromatic N) is 1. The minimum absolute atomic E-state index is 0.0259. The monoisotopic (exact) mass is 389 g/mol. The first-order chi connectivity index (χ1) is 13.4. The molecule has 0 saturated heterocycles. The van der Waals surface area contributed by atoms with Crippen molar-refractivity contribution in [2.75, 3.05) is 21.0 Å². The third-order valence-electron chi connectivity index (χ3n) is 4.33. The number of nitro benzene ring substituents is 1. The SMILES string of the molecule is COc1cc(C(=O)OCc2cc([N+](=O)[O-])cc3c2OCOC3)cc(OC)c1C. The lowest BCUT2D eigenvalue weighted by atomic mass is 10.1. The smallest absolute Gasteiger partial charge is 0.338 e. The fraction of sp³-hybridized carbons (Fsp3) is 0.316. The summed E-state index contributed by atoms with van der Waals surface area (Å²) in [7, 11) is 2.98. The summed E-state index contributed by atoms with van der Waals surface area (Å²) in [5.41, 5.74) is 1.79. The molecule has 2 aromatic rings. The maximum absolute atomic E-state index is 12.5. The quantitative estimate of drug-likeness (QED) is 0.421. The van der Waals surface area contributed by atoms with Gasteiger partial charge in [0.25, 0.3) is 5.69 Å². The largest absolute Gasteiger partial charge is 0.496 e. The van der Waals surface area contributed by atoms with Crippen LogP contribution in [0.1, 0.15) is 27.0 Å². The average molecular weight is 389 g/mol. The van der Waals surface area contributed by atoms with Gasteiger partial charge in [-0.1, -0.05) is 0 Å². The maximum atomic E-state index is 12.5. The number of carbonyl (C=O) groups is 1. The molecule has 3 rings (SSSR count). The van der Waals surface area contributed by atoms with Gasteiger partial charge in [0.15, 0.2) is 6.79 Å². The number of methoxy groups -OCH3 is 2. The van der Waals surface area contributed by atoms with E-state index in [2.05, 4.69) is 0 Å². The number of rotatable bonds is 6. The highest BCUT2D eigenvalue weighted by Crippen LogP contribution is 2.34. The molecule has 0 aliphatic carbocycles. The van der Waals surface area contributed by atoms with E-state index in [9.17, 15) is 14.9 Å². The van der Waals surface area contributed by atoms with Crippen molar-refractivity contribution in [2.24, 2.45) is 0 Å². The van der Waals surface area contributed by atoms with Crippen LogP contribution in [0.5, 0.6) is 17.2 Å². The zero-order valence-electron chi connectivity index (χ0n) is 15.6. The van der Waals surface area contributed by atoms with Crippen LogP contribution in [-0.4, -0.2) is 31.9 Å². The van der Waals surface area contributed by atoms with Gasteiger partial charge in [-0.15, -0.1) is 0 Å². The van der Waals surface area contributed by atoms with Crippen molar-refractivity contribution < 1.29 is 33.4 Å². The second kappa shape index (κ2) is 8.13. The minimum atomic E-state index is -0.621. The molecule has 1 heterocycles. The minimum Gasteiger partial charge on any atom is -0.496 e. The lowest BCUT2D eigenvalue weighted by Gasteiger charge is -2.20. The van der Waals surface area contributed by atoms with Crippen LogP contribution in [0.15, 0.2) is 24.3 Å². The van der Waals surface area contributed by atoms with Gasteiger partial charge in [-0.2, -0.15) is 0 Å². The average Bonchev–Trinajstić information content (AvgIpc) is 2.71. The number of nitro groups is 1. The molecule has 9 heteroatoms. The first-order valence-corrected chi connectivity index (χ1v) is 8.35. The molecule has 0 aromatic heterocycles. The molecule has 1 aliphatic rings. The van der Waals surface area contributed by atoms with Gasteiger partial charge in [-0.05, 0) is 19.1 Å². The molecular formula is C19H19NO8. The fourth-order valence-electron chi connectivity index (χ4n) is 2.92. The summed E-state index contributed by atoms with van der Waals surface area (Å²) >= 11 is 0. The zero-order valence-corrected chi connectivity index (χ0v) is 15.6. The lowest BCUT2D eigenvalue weighted by Crippen LogP contribution is -2.15. The highest BCUT2D eigenvalue weighted by molar-refractivity contribution is 5.90. The number of benzene rings is 2. The third kappa shape index (κ3) is 3.84. The fourth-order valence-corrected chi connectivity index (χ4v) is 2.92. The van der Waals surface area contributed by atoms with Crippen molar-refractivity contribution in [3.05, 3.63) is 56.6 Å². The summed E-state index contributed by atoms with van der Waals surface area (Å²) < 4.78 is 26.5. The van der Waals surface area contributed by atoms with E-state index in [0.29, 0.717) is 28.4 Å². The Bertz CT molecular complexity index is 899. The summed E-state index contributed by atoms with van der Waals surface area (Å²) in [6, 6.07) is 5.81. The van der Waals surface area contributed by atoms with E-state index in [1.165, 1.54) is 26.4 Å². The molecule has 0 saturated carbocycles. The predicted molar refractivity (Wildman–Crippen MR) is 96.8 cm³/mol. The zero-order chi connectivity index (χ0) is 20.3. The second-order valence-electron chi connectivity index (χ2n) is 6.04. The normalized spacial score (nSPS) is 12.5. The number of ether oxygens (including phenoxy) is 5. The van der Waals surface area contributed by atoms with Gasteiger partial charge in [-0.25, -0.2) is 4.79 Å². The van der Waals surface area contributed by atoms with Crippen LogP contribution in [0.2, 0.25) is 0 Å². The van der Waals surface area contributed by atoms with E-state index in [1.54, 1.807) is 12.1 Å². The van der Waals surface area contributed by atoms with Gasteiger partial charge in [-0.3, -0.25) is 10.1 Å². The Labute approximate surface area is 160 Å². The highest BCUT2D eigenvalue weighted by Gasteiger charge is 2.22. The van der Waals surface area contributed by atoms with E-state index in [1.807, 2.05) is 6.92 Å². The summed E-state index contributed by atoms with van der Waals surface area (Å²) in [6.07, 6.45) is 0. The molecule has 148 valence electrons. The van der Waals surface area contributed by atoms with Gasteiger partial charge in [0.05, 0.1) is 31.3 Å². The Morgan fingerprint density at radius 1 is 1.18 bits per heavy atom. The molecule has 0 amide bonds. The Balaban J connectivity index is 1.85. The molecular weight excluding hydrogens is 370 g/mol. The van der Waals surface area contributed by atoms with Crippen molar-refractivity contribution in [3.63, 3.8) is 0 Å². The van der Waals surface area contributed by atoms with Crippen LogP contribution in [-0.2, 0) is 22.7 Å². The molecule has 0 fully saturated rings. The van der Waals surface area contributed by atoms with Crippen LogP contribution in [0.25, 0.3) is 0 Å². The molecule has 0 N–H and O–H groups in total. The van der Waals surface area contributed by atoms with Gasteiger partial charge in [0, 0.05) is 28.8 Å². The summed E-state index contributed by atoms with van der Waals surface area (Å²) in [4.78, 5) is 23.2. The number of non-ortho nitro benzene ring substituents is 1. The Morgan fingerprint density at radius 2 is 1.86 bits per heavy atom. The lowest BCUT2D eigenvalue weighted by molar-refractivity contribution is -0.385. The van der Waals surface area contributed by atoms with E-state index in [-0.39, 0.29) is 31.3 Å². The first-order valence-electron chi connectivity index (χ1n) is 8.35. The number of hydrogen-bond acceptors (Lipinski definition) is 8. The third-order valence-corrected chi connectivity index (χ3v) is 4.33. The highest BCUT2D eigenvalue weighted by atomic mass is 16.7. The molecule has 28 heavy (non-hydrogen) atoms. The molecule has 0 radical (unpaired) electrons. The summed E-state index contributed by atoms with van der Waals surface area (Å²) in [5, 5.41) is 11.2. The summed E-state index contributed by atoms with van der Waals surface area (Å²) in [5.74, 6) is 0.784. The molecule has 0 spiro atoms. The van der Waals surface area contributed by atoms with Crippen LogP contribution >= 0.6 is 0 Å². The standard InChI is InChI=1S/C19H19NO8/c1-11-16(24-2)6-12(7-17(11)25-3)19(21)27-9-14-5-15(20(22)23)4-13-8-26-10-28-18(13)14/h4-7H,8-10H2,1-3H3. The van der Waals surface area contributed by atoms with Crippen molar-refractivity contribution in [1.29, 1.82) is 0 Å². The van der Waals surface area contributed by atoms with Crippen molar-refractivity contribution in [2.45, 2.75) is 20.1 Å². The van der Waals surface area contributed by atoms with Gasteiger partial charge < -0.3 is 23.7 Å². The van der Waals surface area contributed by atoms with Crippen LogP contribution in [0, 0.1) is 17.0 Å². The molecule has 0 atom stereocenters. The maximum Gasteiger partial charge on any atom is 0.338 e. The van der Waals surface area contributed by atoms with E-state index in [0.717, 1.165) is 5.56 Å². The van der Waals surface area contributed by atoms with Gasteiger partial charge in [0.1, 0.15) is 23.9 Å². The number of carbonyl (C=O) groups excluding carboxylic acids is 1. The summed E-state index contributed by atoms with van der Waals surface area (Å²) in [6.45, 7) is 1.82. The molecule has 2 aromatic carbocycles. The number of fused-ring (bicyclic) bond motifs is 1. The molecule has 0 unspecified atom stereocenters. The topological polar surface area (TPSA) is 106 Å². The van der Waals surface area contributed by atoms with Gasteiger partial charge in [0.2, 0.25) is 0 Å². The Kier molecular flexibility index (Phi) is 5.65. The van der Waals surface area contributed by atoms with E-state index < -0.39 is 10.9 Å².